The summed E-state index contributed by atoms with van der Waals surface area (Å²) in [6.45, 7) is 2.28. The summed E-state index contributed by atoms with van der Waals surface area (Å²) in [7, 11) is 2.12. The van der Waals surface area contributed by atoms with E-state index >= 15 is 0 Å². The third-order valence-electron chi connectivity index (χ3n) is 2.61. The number of benzene rings is 1. The molecule has 0 saturated carbocycles. The lowest BCUT2D eigenvalue weighted by Crippen LogP contribution is -2.41. The smallest absolute Gasteiger partial charge is 0.150 e. The molecule has 2 heteroatoms. The standard InChI is InChI=1S/C11H13NO/c1-12-6-11(7-12)10-4-2-9(8-13)3-5-10/h2-5,8,11H,6-7H2,1H3. The number of nitrogens with zero attached hydrogens (tertiary/aromatic N) is 1. The molecule has 68 valence electrons. The van der Waals surface area contributed by atoms with Crippen LogP contribution in [0.25, 0.3) is 0 Å². The van der Waals surface area contributed by atoms with Crippen LogP contribution in [0.1, 0.15) is 21.8 Å². The topological polar surface area (TPSA) is 20.3 Å². The number of likely N-dealkylation sites (tertiary alicyclic amines) is 1. The predicted molar refractivity (Wildman–Crippen MR) is 52.1 cm³/mol. The van der Waals surface area contributed by atoms with Crippen molar-refractivity contribution in [1.82, 2.24) is 4.90 Å². The molecule has 1 aromatic carbocycles. The number of aldehydes is 1. The molecule has 1 aliphatic rings. The molecule has 1 saturated heterocycles. The molecule has 0 spiro atoms. The third kappa shape index (κ3) is 1.63. The van der Waals surface area contributed by atoms with E-state index in [0.29, 0.717) is 5.92 Å². The van der Waals surface area contributed by atoms with E-state index in [0.717, 1.165) is 24.9 Å². The van der Waals surface area contributed by atoms with Gasteiger partial charge in [-0.2, -0.15) is 0 Å². The molecule has 0 aromatic heterocycles. The lowest BCUT2D eigenvalue weighted by molar-refractivity contribution is 0.112. The SMILES string of the molecule is CN1CC(c2ccc(C=O)cc2)C1. The molecule has 2 rings (SSSR count). The van der Waals surface area contributed by atoms with Gasteiger partial charge in [-0.3, -0.25) is 4.79 Å². The van der Waals surface area contributed by atoms with Gasteiger partial charge in [0.1, 0.15) is 6.29 Å². The Morgan fingerprint density at radius 1 is 1.31 bits per heavy atom. The molecule has 1 aromatic rings. The van der Waals surface area contributed by atoms with Gasteiger partial charge in [-0.1, -0.05) is 24.3 Å². The number of hydrogen-bond donors (Lipinski definition) is 0. The van der Waals surface area contributed by atoms with Gasteiger partial charge >= 0.3 is 0 Å². The number of carbonyl (C=O) groups is 1. The second kappa shape index (κ2) is 3.30. The maximum Gasteiger partial charge on any atom is 0.150 e. The summed E-state index contributed by atoms with van der Waals surface area (Å²) in [5.41, 5.74) is 2.11. The Hall–Kier alpha value is -1.15. The van der Waals surface area contributed by atoms with Crippen molar-refractivity contribution >= 4 is 6.29 Å². The molecule has 0 atom stereocenters. The Bertz CT molecular complexity index is 298. The van der Waals surface area contributed by atoms with Crippen LogP contribution in [0.2, 0.25) is 0 Å². The molecule has 1 aliphatic heterocycles. The first kappa shape index (κ1) is 8.45. The summed E-state index contributed by atoms with van der Waals surface area (Å²) in [5.74, 6) is 0.672. The van der Waals surface area contributed by atoms with Crippen LogP contribution < -0.4 is 0 Å². The first-order chi connectivity index (χ1) is 6.29. The summed E-state index contributed by atoms with van der Waals surface area (Å²) < 4.78 is 0. The van der Waals surface area contributed by atoms with Crippen LogP contribution in [-0.2, 0) is 0 Å². The largest absolute Gasteiger partial charge is 0.305 e. The van der Waals surface area contributed by atoms with Crippen LogP contribution in [-0.4, -0.2) is 31.3 Å². The van der Waals surface area contributed by atoms with Crippen LogP contribution in [0.5, 0.6) is 0 Å². The van der Waals surface area contributed by atoms with Crippen LogP contribution in [0.15, 0.2) is 24.3 Å². The molecule has 0 N–H and O–H groups in total. The monoisotopic (exact) mass is 175 g/mol. The van der Waals surface area contributed by atoms with E-state index < -0.39 is 0 Å². The molecule has 0 bridgehead atoms. The lowest BCUT2D eigenvalue weighted by atomic mass is 9.92. The fourth-order valence-corrected chi connectivity index (χ4v) is 1.76. The average molecular weight is 175 g/mol. The molecule has 0 aliphatic carbocycles. The Kier molecular flexibility index (Phi) is 2.15. The molecule has 0 unspecified atom stereocenters. The number of rotatable bonds is 2. The molecule has 0 amide bonds. The zero-order valence-corrected chi connectivity index (χ0v) is 7.73. The highest BCUT2D eigenvalue weighted by molar-refractivity contribution is 5.74. The van der Waals surface area contributed by atoms with Gasteiger partial charge in [0, 0.05) is 24.6 Å². The Labute approximate surface area is 78.2 Å². The minimum Gasteiger partial charge on any atom is -0.305 e. The molecule has 1 heterocycles. The molecule has 13 heavy (non-hydrogen) atoms. The van der Waals surface area contributed by atoms with Gasteiger partial charge in [-0.25, -0.2) is 0 Å². The zero-order valence-electron chi connectivity index (χ0n) is 7.73. The summed E-state index contributed by atoms with van der Waals surface area (Å²) >= 11 is 0. The van der Waals surface area contributed by atoms with Gasteiger partial charge in [0.05, 0.1) is 0 Å². The van der Waals surface area contributed by atoms with E-state index in [1.165, 1.54) is 5.56 Å². The van der Waals surface area contributed by atoms with Crippen molar-refractivity contribution in [2.24, 2.45) is 0 Å². The highest BCUT2D eigenvalue weighted by Gasteiger charge is 2.24. The van der Waals surface area contributed by atoms with Crippen molar-refractivity contribution in [2.45, 2.75) is 5.92 Å². The van der Waals surface area contributed by atoms with Crippen LogP contribution >= 0.6 is 0 Å². The number of carbonyl (C=O) groups excluding carboxylic acids is 1. The fourth-order valence-electron chi connectivity index (χ4n) is 1.76. The van der Waals surface area contributed by atoms with E-state index in [1.807, 2.05) is 12.1 Å². The number of hydrogen-bond acceptors (Lipinski definition) is 2. The molecular formula is C11H13NO. The van der Waals surface area contributed by atoms with Gasteiger partial charge in [0.2, 0.25) is 0 Å². The first-order valence-corrected chi connectivity index (χ1v) is 4.53. The molecule has 2 nitrogen and oxygen atoms in total. The normalized spacial score (nSPS) is 18.2. The van der Waals surface area contributed by atoms with Gasteiger partial charge in [0.25, 0.3) is 0 Å². The van der Waals surface area contributed by atoms with Crippen molar-refractivity contribution in [2.75, 3.05) is 20.1 Å². The Morgan fingerprint density at radius 2 is 1.92 bits per heavy atom. The highest BCUT2D eigenvalue weighted by Crippen LogP contribution is 2.25. The van der Waals surface area contributed by atoms with Crippen molar-refractivity contribution in [1.29, 1.82) is 0 Å². The van der Waals surface area contributed by atoms with E-state index in [9.17, 15) is 4.79 Å². The van der Waals surface area contributed by atoms with E-state index in [1.54, 1.807) is 0 Å². The second-order valence-corrected chi connectivity index (χ2v) is 3.70. The lowest BCUT2D eigenvalue weighted by Gasteiger charge is -2.36. The Morgan fingerprint density at radius 3 is 2.38 bits per heavy atom. The summed E-state index contributed by atoms with van der Waals surface area (Å²) in [6, 6.07) is 7.89. The molecule has 0 radical (unpaired) electrons. The maximum atomic E-state index is 10.4. The van der Waals surface area contributed by atoms with Gasteiger partial charge in [-0.15, -0.1) is 0 Å². The maximum absolute atomic E-state index is 10.4. The van der Waals surface area contributed by atoms with Gasteiger partial charge in [0.15, 0.2) is 0 Å². The van der Waals surface area contributed by atoms with Crippen molar-refractivity contribution < 1.29 is 4.79 Å². The summed E-state index contributed by atoms with van der Waals surface area (Å²) in [6.07, 6.45) is 0.886. The van der Waals surface area contributed by atoms with Crippen LogP contribution in [0, 0.1) is 0 Å². The van der Waals surface area contributed by atoms with Crippen molar-refractivity contribution in [3.05, 3.63) is 35.4 Å². The van der Waals surface area contributed by atoms with Gasteiger partial charge in [-0.05, 0) is 12.6 Å². The van der Waals surface area contributed by atoms with Gasteiger partial charge < -0.3 is 4.90 Å². The van der Waals surface area contributed by atoms with E-state index in [-0.39, 0.29) is 0 Å². The zero-order chi connectivity index (χ0) is 9.26. The van der Waals surface area contributed by atoms with Crippen LogP contribution in [0.3, 0.4) is 0 Å². The summed E-state index contributed by atoms with van der Waals surface area (Å²) in [5, 5.41) is 0. The van der Waals surface area contributed by atoms with Crippen molar-refractivity contribution in [3.8, 4) is 0 Å². The van der Waals surface area contributed by atoms with E-state index in [2.05, 4.69) is 24.1 Å². The van der Waals surface area contributed by atoms with Crippen molar-refractivity contribution in [3.63, 3.8) is 0 Å². The quantitative estimate of drug-likeness (QED) is 0.635. The number of likely N-dealkylation sites (N-methyl/N-ethyl adjacent to an activating group) is 1. The predicted octanol–water partition coefficient (Wildman–Crippen LogP) is 1.53. The molecular weight excluding hydrogens is 162 g/mol. The second-order valence-electron chi connectivity index (χ2n) is 3.70. The highest BCUT2D eigenvalue weighted by atomic mass is 16.1. The fraction of sp³-hybridized carbons (Fsp3) is 0.364. The minimum absolute atomic E-state index is 0.672. The third-order valence-corrected chi connectivity index (χ3v) is 2.61. The first-order valence-electron chi connectivity index (χ1n) is 4.53. The average Bonchev–Trinajstić information content (AvgIpc) is 2.13. The molecule has 1 fully saturated rings. The van der Waals surface area contributed by atoms with Crippen LogP contribution in [0.4, 0.5) is 0 Å². The Balaban J connectivity index is 2.10. The minimum atomic E-state index is 0.672. The van der Waals surface area contributed by atoms with E-state index in [4.69, 9.17) is 0 Å². The summed E-state index contributed by atoms with van der Waals surface area (Å²) in [4.78, 5) is 12.7.